The van der Waals surface area contributed by atoms with E-state index in [4.69, 9.17) is 0 Å². The van der Waals surface area contributed by atoms with E-state index in [0.717, 1.165) is 34.9 Å². The Labute approximate surface area is 173 Å². The fourth-order valence-electron chi connectivity index (χ4n) is 3.73. The highest BCUT2D eigenvalue weighted by Crippen LogP contribution is 2.28. The quantitative estimate of drug-likeness (QED) is 0.326. The van der Waals surface area contributed by atoms with Gasteiger partial charge in [0.05, 0.1) is 10.7 Å². The summed E-state index contributed by atoms with van der Waals surface area (Å²) in [4.78, 5) is 4.55. The smallest absolute Gasteiger partial charge is 0.0901 e. The van der Waals surface area contributed by atoms with Crippen LogP contribution in [-0.4, -0.2) is 4.98 Å². The van der Waals surface area contributed by atoms with E-state index in [1.165, 1.54) is 37.7 Å². The van der Waals surface area contributed by atoms with Crippen LogP contribution in [-0.2, 0) is 0 Å². The minimum atomic E-state index is 0.579. The fourth-order valence-corrected chi connectivity index (χ4v) is 4.30. The van der Waals surface area contributed by atoms with Crippen molar-refractivity contribution in [3.05, 3.63) is 33.3 Å². The van der Waals surface area contributed by atoms with E-state index in [0.29, 0.717) is 5.92 Å². The van der Waals surface area contributed by atoms with E-state index in [9.17, 15) is 0 Å². The molecule has 0 amide bonds. The lowest BCUT2D eigenvalue weighted by molar-refractivity contribution is 0.250. The average Bonchev–Trinajstić information content (AvgIpc) is 3.03. The molecule has 1 rings (SSSR count). The Kier molecular flexibility index (Phi) is 11.2. The number of hydrogen-bond acceptors (Lipinski definition) is 2. The molecule has 154 valence electrons. The summed E-state index contributed by atoms with van der Waals surface area (Å²) >= 11 is 1.73. The number of hydrogen-bond donors (Lipinski definition) is 0. The van der Waals surface area contributed by atoms with Gasteiger partial charge in [-0.05, 0) is 69.8 Å². The lowest BCUT2D eigenvalue weighted by Gasteiger charge is -2.26. The van der Waals surface area contributed by atoms with Crippen LogP contribution in [0.5, 0.6) is 0 Å². The summed E-state index contributed by atoms with van der Waals surface area (Å²) < 4.78 is 0. The monoisotopic (exact) mass is 389 g/mol. The van der Waals surface area contributed by atoms with E-state index in [-0.39, 0.29) is 0 Å². The number of thiazole rings is 1. The van der Waals surface area contributed by atoms with Crippen molar-refractivity contribution >= 4 is 17.4 Å². The molecule has 0 aliphatic heterocycles. The van der Waals surface area contributed by atoms with Crippen molar-refractivity contribution < 1.29 is 0 Å². The van der Waals surface area contributed by atoms with E-state index >= 15 is 0 Å². The summed E-state index contributed by atoms with van der Waals surface area (Å²) in [5.41, 5.74) is 4.10. The van der Waals surface area contributed by atoms with Crippen molar-refractivity contribution in [2.24, 2.45) is 23.7 Å². The van der Waals surface area contributed by atoms with E-state index < -0.39 is 0 Å². The molecule has 0 N–H and O–H groups in total. The van der Waals surface area contributed by atoms with Gasteiger partial charge in [0.1, 0.15) is 0 Å². The first kappa shape index (κ1) is 24.1. The molecule has 1 aromatic rings. The van der Waals surface area contributed by atoms with Crippen molar-refractivity contribution in [1.82, 2.24) is 4.98 Å². The van der Waals surface area contributed by atoms with Crippen LogP contribution in [0.2, 0.25) is 0 Å². The zero-order valence-electron chi connectivity index (χ0n) is 19.1. The highest BCUT2D eigenvalue weighted by molar-refractivity contribution is 7.09. The zero-order valence-corrected chi connectivity index (χ0v) is 20.0. The molecule has 0 saturated heterocycles. The van der Waals surface area contributed by atoms with Crippen LogP contribution >= 0.6 is 11.3 Å². The maximum Gasteiger partial charge on any atom is 0.0901 e. The molecular weight excluding hydrogens is 346 g/mol. The molecule has 0 aromatic carbocycles. The summed E-state index contributed by atoms with van der Waals surface area (Å²) in [7, 11) is 0. The number of aromatic nitrogens is 1. The average molecular weight is 390 g/mol. The van der Waals surface area contributed by atoms with Gasteiger partial charge in [-0.2, -0.15) is 0 Å². The molecule has 0 spiro atoms. The Balaban J connectivity index is 2.38. The topological polar surface area (TPSA) is 12.9 Å². The summed E-state index contributed by atoms with van der Waals surface area (Å²) in [6, 6.07) is 0. The molecule has 0 aliphatic rings. The number of allylic oxidation sites excluding steroid dienone is 3. The highest BCUT2D eigenvalue weighted by Gasteiger charge is 2.18. The van der Waals surface area contributed by atoms with Gasteiger partial charge in [-0.1, -0.05) is 71.1 Å². The summed E-state index contributed by atoms with van der Waals surface area (Å²) in [5, 5.41) is 3.29. The predicted molar refractivity (Wildman–Crippen MR) is 124 cm³/mol. The lowest BCUT2D eigenvalue weighted by atomic mass is 9.80. The zero-order chi connectivity index (χ0) is 20.4. The van der Waals surface area contributed by atoms with Gasteiger partial charge in [-0.3, -0.25) is 0 Å². The first-order valence-corrected chi connectivity index (χ1v) is 11.9. The Morgan fingerprint density at radius 2 is 1.78 bits per heavy atom. The van der Waals surface area contributed by atoms with Crippen LogP contribution < -0.4 is 0 Å². The van der Waals surface area contributed by atoms with Crippen LogP contribution in [0, 0.1) is 30.6 Å². The van der Waals surface area contributed by atoms with Gasteiger partial charge in [0.25, 0.3) is 0 Å². The molecule has 0 bridgehead atoms. The number of nitrogens with zero attached hydrogens (tertiary/aromatic N) is 1. The Hall–Kier alpha value is -0.890. The second kappa shape index (κ2) is 12.5. The van der Waals surface area contributed by atoms with Gasteiger partial charge in [0, 0.05) is 5.38 Å². The van der Waals surface area contributed by atoms with Gasteiger partial charge in [-0.25, -0.2) is 4.98 Å². The molecule has 2 heteroatoms. The van der Waals surface area contributed by atoms with Gasteiger partial charge >= 0.3 is 0 Å². The first-order valence-electron chi connectivity index (χ1n) is 11.0. The van der Waals surface area contributed by atoms with Crippen molar-refractivity contribution in [3.63, 3.8) is 0 Å². The predicted octanol–water partition coefficient (Wildman–Crippen LogP) is 8.71. The minimum absolute atomic E-state index is 0.579. The Morgan fingerprint density at radius 3 is 2.37 bits per heavy atom. The number of aryl methyl sites for hydroxylation is 1. The molecule has 0 fully saturated rings. The summed E-state index contributed by atoms with van der Waals surface area (Å²) in [5.74, 6) is 3.12. The van der Waals surface area contributed by atoms with E-state index in [1.807, 2.05) is 0 Å². The van der Waals surface area contributed by atoms with Gasteiger partial charge < -0.3 is 0 Å². The molecule has 0 radical (unpaired) electrons. The molecule has 0 saturated carbocycles. The standard InChI is InChI=1S/C25H43NS/c1-9-11-20(4)23(7)21(5)13-10-12-18(2)14-15-19(3)22(6)16-25-17-27-24(8)26-25/h14,16-17,19-21,23H,9-13,15H2,1-8H3/b18-14-,22-16+/t19?,20-,21-,23+/m0/s1. The summed E-state index contributed by atoms with van der Waals surface area (Å²) in [6.45, 7) is 18.6. The van der Waals surface area contributed by atoms with Gasteiger partial charge in [-0.15, -0.1) is 11.3 Å². The highest BCUT2D eigenvalue weighted by atomic mass is 32.1. The SMILES string of the molecule is CCC[C@H](C)[C@@H](C)[C@@H](C)CCC/C(C)=C\CC(C)/C(C)=C/c1csc(C)n1. The molecule has 27 heavy (non-hydrogen) atoms. The molecule has 1 nitrogen and oxygen atoms in total. The van der Waals surface area contributed by atoms with E-state index in [2.05, 4.69) is 77.9 Å². The first-order chi connectivity index (χ1) is 12.7. The second-order valence-corrected chi connectivity index (χ2v) is 9.92. The van der Waals surface area contributed by atoms with Crippen LogP contribution in [0.3, 0.4) is 0 Å². The molecule has 1 unspecified atom stereocenters. The van der Waals surface area contributed by atoms with Crippen LogP contribution in [0.4, 0.5) is 0 Å². The van der Waals surface area contributed by atoms with Crippen molar-refractivity contribution in [1.29, 1.82) is 0 Å². The third-order valence-electron chi connectivity index (χ3n) is 6.38. The van der Waals surface area contributed by atoms with Gasteiger partial charge in [0.15, 0.2) is 0 Å². The Bertz CT molecular complexity index is 595. The van der Waals surface area contributed by atoms with Gasteiger partial charge in [0.2, 0.25) is 0 Å². The van der Waals surface area contributed by atoms with Crippen LogP contribution in [0.1, 0.15) is 97.7 Å². The molecular formula is C25H43NS. The van der Waals surface area contributed by atoms with Crippen molar-refractivity contribution in [2.45, 2.75) is 93.9 Å². The number of rotatable bonds is 12. The largest absolute Gasteiger partial charge is 0.242 e. The third-order valence-corrected chi connectivity index (χ3v) is 7.17. The summed E-state index contributed by atoms with van der Waals surface area (Å²) in [6.07, 6.45) is 12.5. The molecule has 1 heterocycles. The Morgan fingerprint density at radius 1 is 1.11 bits per heavy atom. The van der Waals surface area contributed by atoms with Crippen LogP contribution in [0.25, 0.3) is 6.08 Å². The second-order valence-electron chi connectivity index (χ2n) is 8.86. The van der Waals surface area contributed by atoms with E-state index in [1.54, 1.807) is 16.9 Å². The van der Waals surface area contributed by atoms with Crippen LogP contribution in [0.15, 0.2) is 22.6 Å². The normalized spacial score (nSPS) is 17.6. The molecule has 4 atom stereocenters. The third kappa shape index (κ3) is 9.23. The maximum atomic E-state index is 4.55. The minimum Gasteiger partial charge on any atom is -0.242 e. The van der Waals surface area contributed by atoms with Crippen molar-refractivity contribution in [2.75, 3.05) is 0 Å². The molecule has 1 aromatic heterocycles. The van der Waals surface area contributed by atoms with Crippen molar-refractivity contribution in [3.8, 4) is 0 Å². The lowest BCUT2D eigenvalue weighted by Crippen LogP contribution is -2.16. The fraction of sp³-hybridized carbons (Fsp3) is 0.720. The molecule has 0 aliphatic carbocycles. The maximum absolute atomic E-state index is 4.55.